The van der Waals surface area contributed by atoms with E-state index < -0.39 is 0 Å². The van der Waals surface area contributed by atoms with Gasteiger partial charge in [0.2, 0.25) is 0 Å². The second-order valence-electron chi connectivity index (χ2n) is 5.08. The van der Waals surface area contributed by atoms with Gasteiger partial charge in [0.05, 0.1) is 20.0 Å². The molecule has 0 radical (unpaired) electrons. The van der Waals surface area contributed by atoms with Gasteiger partial charge in [-0.05, 0) is 38.6 Å². The van der Waals surface area contributed by atoms with Crippen molar-refractivity contribution >= 4 is 0 Å². The maximum Gasteiger partial charge on any atom is 0.253 e. The molecular formula is C16H21N3O2. The molecule has 21 heavy (non-hydrogen) atoms. The Morgan fingerprint density at radius 2 is 2.14 bits per heavy atom. The highest BCUT2D eigenvalue weighted by molar-refractivity contribution is 5.38. The normalized spacial score (nSPS) is 12.2. The van der Waals surface area contributed by atoms with E-state index >= 15 is 0 Å². The molecule has 2 aromatic rings. The van der Waals surface area contributed by atoms with Crippen LogP contribution in [0.2, 0.25) is 0 Å². The number of ether oxygens (including phenoxy) is 1. The zero-order chi connectivity index (χ0) is 15.4. The first-order chi connectivity index (χ1) is 10.0. The Labute approximate surface area is 124 Å². The summed E-state index contributed by atoms with van der Waals surface area (Å²) in [6, 6.07) is 7.80. The van der Waals surface area contributed by atoms with Crippen molar-refractivity contribution in [2.24, 2.45) is 0 Å². The molecule has 1 atom stereocenters. The van der Waals surface area contributed by atoms with Crippen molar-refractivity contribution in [3.05, 3.63) is 57.8 Å². The quantitative estimate of drug-likeness (QED) is 0.912. The zero-order valence-electron chi connectivity index (χ0n) is 12.9. The topological polar surface area (TPSA) is 56.1 Å². The summed E-state index contributed by atoms with van der Waals surface area (Å²) in [6.07, 6.45) is 1.57. The molecule has 0 spiro atoms. The molecular weight excluding hydrogens is 266 g/mol. The minimum absolute atomic E-state index is 0.0587. The molecule has 0 saturated carbocycles. The molecule has 112 valence electrons. The lowest BCUT2D eigenvalue weighted by atomic mass is 10.0. The standard InChI is InChI=1S/C16H21N3O2/c1-11-7-16(20)19(10-18-11)9-14-8-13(12(2)17-3)5-6-15(14)21-4/h5-8,10,12,17H,9H2,1-4H3. The first-order valence-corrected chi connectivity index (χ1v) is 6.92. The van der Waals surface area contributed by atoms with Gasteiger partial charge in [-0.15, -0.1) is 0 Å². The van der Waals surface area contributed by atoms with Crippen molar-refractivity contribution < 1.29 is 4.74 Å². The van der Waals surface area contributed by atoms with Crippen LogP contribution in [0.25, 0.3) is 0 Å². The smallest absolute Gasteiger partial charge is 0.253 e. The third kappa shape index (κ3) is 3.49. The molecule has 5 nitrogen and oxygen atoms in total. The van der Waals surface area contributed by atoms with E-state index in [1.54, 1.807) is 18.0 Å². The lowest BCUT2D eigenvalue weighted by Crippen LogP contribution is -2.21. The summed E-state index contributed by atoms with van der Waals surface area (Å²) in [5.74, 6) is 0.773. The molecule has 1 unspecified atom stereocenters. The molecule has 0 aliphatic rings. The monoisotopic (exact) mass is 287 g/mol. The number of nitrogens with one attached hydrogen (secondary N) is 1. The number of hydrogen-bond donors (Lipinski definition) is 1. The summed E-state index contributed by atoms with van der Waals surface area (Å²) in [4.78, 5) is 16.2. The van der Waals surface area contributed by atoms with Crippen LogP contribution in [0.1, 0.15) is 29.8 Å². The Morgan fingerprint density at radius 3 is 2.76 bits per heavy atom. The molecule has 1 N–H and O–H groups in total. The summed E-state index contributed by atoms with van der Waals surface area (Å²) in [7, 11) is 3.55. The molecule has 0 saturated heterocycles. The average Bonchev–Trinajstić information content (AvgIpc) is 2.49. The zero-order valence-corrected chi connectivity index (χ0v) is 12.9. The van der Waals surface area contributed by atoms with E-state index in [1.165, 1.54) is 6.07 Å². The second-order valence-corrected chi connectivity index (χ2v) is 5.08. The fourth-order valence-electron chi connectivity index (χ4n) is 2.18. The molecule has 0 aliphatic heterocycles. The van der Waals surface area contributed by atoms with Gasteiger partial charge in [-0.2, -0.15) is 0 Å². The maximum atomic E-state index is 12.0. The van der Waals surface area contributed by atoms with Gasteiger partial charge in [0.1, 0.15) is 5.75 Å². The number of rotatable bonds is 5. The van der Waals surface area contributed by atoms with Crippen LogP contribution in [0.5, 0.6) is 5.75 Å². The highest BCUT2D eigenvalue weighted by atomic mass is 16.5. The van der Waals surface area contributed by atoms with Crippen LogP contribution in [0.15, 0.2) is 35.4 Å². The first kappa shape index (κ1) is 15.3. The van der Waals surface area contributed by atoms with Crippen molar-refractivity contribution in [2.45, 2.75) is 26.4 Å². The second kappa shape index (κ2) is 6.54. The largest absolute Gasteiger partial charge is 0.496 e. The molecule has 5 heteroatoms. The molecule has 0 bridgehead atoms. The van der Waals surface area contributed by atoms with Crippen LogP contribution in [-0.4, -0.2) is 23.7 Å². The Bertz CT molecular complexity index is 679. The SMILES string of the molecule is CNC(C)c1ccc(OC)c(Cn2cnc(C)cc2=O)c1. The number of aromatic nitrogens is 2. The van der Waals surface area contributed by atoms with Gasteiger partial charge >= 0.3 is 0 Å². The molecule has 1 aromatic heterocycles. The minimum Gasteiger partial charge on any atom is -0.496 e. The first-order valence-electron chi connectivity index (χ1n) is 6.92. The number of nitrogens with zero attached hydrogens (tertiary/aromatic N) is 2. The summed E-state index contributed by atoms with van der Waals surface area (Å²) in [5, 5.41) is 3.21. The summed E-state index contributed by atoms with van der Waals surface area (Å²) >= 11 is 0. The summed E-state index contributed by atoms with van der Waals surface area (Å²) < 4.78 is 6.98. The van der Waals surface area contributed by atoms with E-state index in [9.17, 15) is 4.79 Å². The molecule has 1 aromatic carbocycles. The van der Waals surface area contributed by atoms with Crippen LogP contribution in [0, 0.1) is 6.92 Å². The third-order valence-electron chi connectivity index (χ3n) is 3.59. The third-order valence-corrected chi connectivity index (χ3v) is 3.59. The summed E-state index contributed by atoms with van der Waals surface area (Å²) in [6.45, 7) is 4.34. The van der Waals surface area contributed by atoms with Crippen LogP contribution >= 0.6 is 0 Å². The molecule has 2 rings (SSSR count). The van der Waals surface area contributed by atoms with E-state index in [-0.39, 0.29) is 11.6 Å². The van der Waals surface area contributed by atoms with Crippen molar-refractivity contribution in [1.82, 2.24) is 14.9 Å². The number of benzene rings is 1. The van der Waals surface area contributed by atoms with E-state index in [1.807, 2.05) is 26.1 Å². The highest BCUT2D eigenvalue weighted by Crippen LogP contribution is 2.23. The van der Waals surface area contributed by atoms with E-state index in [0.717, 1.165) is 22.6 Å². The van der Waals surface area contributed by atoms with Gasteiger partial charge in [0.15, 0.2) is 0 Å². The Morgan fingerprint density at radius 1 is 1.38 bits per heavy atom. The van der Waals surface area contributed by atoms with Crippen LogP contribution in [-0.2, 0) is 6.54 Å². The molecule has 0 amide bonds. The predicted molar refractivity (Wildman–Crippen MR) is 82.8 cm³/mol. The Kier molecular flexibility index (Phi) is 4.75. The van der Waals surface area contributed by atoms with E-state index in [0.29, 0.717) is 6.54 Å². The fraction of sp³-hybridized carbons (Fsp3) is 0.375. The number of methoxy groups -OCH3 is 1. The molecule has 0 fully saturated rings. The van der Waals surface area contributed by atoms with Gasteiger partial charge in [-0.25, -0.2) is 4.98 Å². The minimum atomic E-state index is -0.0587. The van der Waals surface area contributed by atoms with Crippen molar-refractivity contribution in [1.29, 1.82) is 0 Å². The number of aryl methyl sites for hydroxylation is 1. The van der Waals surface area contributed by atoms with Gasteiger partial charge in [-0.1, -0.05) is 6.07 Å². The van der Waals surface area contributed by atoms with Gasteiger partial charge in [0.25, 0.3) is 5.56 Å². The van der Waals surface area contributed by atoms with Gasteiger partial charge in [-0.3, -0.25) is 9.36 Å². The van der Waals surface area contributed by atoms with Crippen LogP contribution < -0.4 is 15.6 Å². The maximum absolute atomic E-state index is 12.0. The lowest BCUT2D eigenvalue weighted by Gasteiger charge is -2.15. The molecule has 1 heterocycles. The van der Waals surface area contributed by atoms with Gasteiger partial charge in [0, 0.05) is 23.4 Å². The molecule has 0 aliphatic carbocycles. The van der Waals surface area contributed by atoms with Crippen molar-refractivity contribution in [2.75, 3.05) is 14.2 Å². The predicted octanol–water partition coefficient (Wildman–Crippen LogP) is 1.89. The highest BCUT2D eigenvalue weighted by Gasteiger charge is 2.10. The van der Waals surface area contributed by atoms with E-state index in [4.69, 9.17) is 4.74 Å². The van der Waals surface area contributed by atoms with E-state index in [2.05, 4.69) is 23.3 Å². The van der Waals surface area contributed by atoms with Crippen LogP contribution in [0.3, 0.4) is 0 Å². The van der Waals surface area contributed by atoms with Crippen LogP contribution in [0.4, 0.5) is 0 Å². The Balaban J connectivity index is 2.39. The lowest BCUT2D eigenvalue weighted by molar-refractivity contribution is 0.407. The van der Waals surface area contributed by atoms with Crippen molar-refractivity contribution in [3.63, 3.8) is 0 Å². The summed E-state index contributed by atoms with van der Waals surface area (Å²) in [5.41, 5.74) is 2.78. The Hall–Kier alpha value is -2.14. The number of hydrogen-bond acceptors (Lipinski definition) is 4. The van der Waals surface area contributed by atoms with Gasteiger partial charge < -0.3 is 10.1 Å². The van der Waals surface area contributed by atoms with Crippen molar-refractivity contribution in [3.8, 4) is 5.75 Å². The fourth-order valence-corrected chi connectivity index (χ4v) is 2.18. The average molecular weight is 287 g/mol.